The molecule has 1 aliphatic rings. The van der Waals surface area contributed by atoms with Crippen molar-refractivity contribution in [1.29, 1.82) is 0 Å². The zero-order chi connectivity index (χ0) is 10.8. The predicted octanol–water partition coefficient (Wildman–Crippen LogP) is 0.854. The molecule has 0 aromatic carbocycles. The van der Waals surface area contributed by atoms with Gasteiger partial charge in [-0.3, -0.25) is 9.59 Å². The van der Waals surface area contributed by atoms with Crippen LogP contribution in [0.4, 0.5) is 0 Å². The molecular weight excluding hydrogens is 182 g/mol. The lowest BCUT2D eigenvalue weighted by atomic mass is 9.81. The summed E-state index contributed by atoms with van der Waals surface area (Å²) in [5, 5.41) is 2.89. The van der Waals surface area contributed by atoms with Crippen molar-refractivity contribution in [3.8, 4) is 0 Å². The maximum atomic E-state index is 11.5. The minimum Gasteiger partial charge on any atom is -0.469 e. The van der Waals surface area contributed by atoms with Gasteiger partial charge in [0.15, 0.2) is 0 Å². The number of amides is 1. The van der Waals surface area contributed by atoms with Crippen molar-refractivity contribution in [3.05, 3.63) is 0 Å². The van der Waals surface area contributed by atoms with E-state index in [0.717, 1.165) is 12.8 Å². The third-order valence-corrected chi connectivity index (χ3v) is 3.19. The number of carbonyl (C=O) groups is 2. The van der Waals surface area contributed by atoms with E-state index in [0.29, 0.717) is 0 Å². The van der Waals surface area contributed by atoms with Gasteiger partial charge in [0.1, 0.15) is 0 Å². The zero-order valence-electron chi connectivity index (χ0n) is 8.92. The number of nitrogens with one attached hydrogen (secondary N) is 1. The van der Waals surface area contributed by atoms with Gasteiger partial charge < -0.3 is 10.1 Å². The molecule has 1 amide bonds. The van der Waals surface area contributed by atoms with E-state index < -0.39 is 0 Å². The predicted molar refractivity (Wildman–Crippen MR) is 51.6 cm³/mol. The van der Waals surface area contributed by atoms with Gasteiger partial charge in [0.25, 0.3) is 0 Å². The molecule has 1 fully saturated rings. The molecule has 0 aromatic heterocycles. The van der Waals surface area contributed by atoms with Crippen LogP contribution in [0.25, 0.3) is 0 Å². The van der Waals surface area contributed by atoms with E-state index >= 15 is 0 Å². The Morgan fingerprint density at radius 1 is 1.57 bits per heavy atom. The minimum absolute atomic E-state index is 0.0518. The van der Waals surface area contributed by atoms with Crippen LogP contribution < -0.4 is 5.32 Å². The van der Waals surface area contributed by atoms with Crippen molar-refractivity contribution in [2.75, 3.05) is 7.11 Å². The Kier molecular flexibility index (Phi) is 3.13. The summed E-state index contributed by atoms with van der Waals surface area (Å²) in [6.07, 6.45) is 1.78. The highest BCUT2D eigenvalue weighted by Crippen LogP contribution is 2.34. The van der Waals surface area contributed by atoms with Crippen molar-refractivity contribution in [3.63, 3.8) is 0 Å². The SMILES string of the molecule is CCC1(CC)NC(=O)CC1C(=O)OC. The molecule has 0 bridgehead atoms. The highest BCUT2D eigenvalue weighted by atomic mass is 16.5. The molecule has 0 saturated carbocycles. The van der Waals surface area contributed by atoms with Crippen molar-refractivity contribution in [2.24, 2.45) is 5.92 Å². The van der Waals surface area contributed by atoms with E-state index in [1.807, 2.05) is 13.8 Å². The second-order valence-corrected chi connectivity index (χ2v) is 3.69. The third-order valence-electron chi connectivity index (χ3n) is 3.19. The number of carbonyl (C=O) groups excluding carboxylic acids is 2. The van der Waals surface area contributed by atoms with E-state index in [2.05, 4.69) is 5.32 Å². The first-order valence-corrected chi connectivity index (χ1v) is 4.98. The van der Waals surface area contributed by atoms with Crippen LogP contribution >= 0.6 is 0 Å². The van der Waals surface area contributed by atoms with Crippen molar-refractivity contribution < 1.29 is 14.3 Å². The molecule has 1 heterocycles. The largest absolute Gasteiger partial charge is 0.469 e. The molecule has 0 aliphatic carbocycles. The number of methoxy groups -OCH3 is 1. The lowest BCUT2D eigenvalue weighted by Gasteiger charge is -2.31. The summed E-state index contributed by atoms with van der Waals surface area (Å²) in [4.78, 5) is 22.8. The highest BCUT2D eigenvalue weighted by Gasteiger charge is 2.48. The van der Waals surface area contributed by atoms with E-state index in [1.165, 1.54) is 7.11 Å². The van der Waals surface area contributed by atoms with Gasteiger partial charge in [-0.1, -0.05) is 13.8 Å². The van der Waals surface area contributed by atoms with Gasteiger partial charge in [-0.05, 0) is 12.8 Å². The molecule has 14 heavy (non-hydrogen) atoms. The van der Waals surface area contributed by atoms with Gasteiger partial charge in [0.05, 0.1) is 18.6 Å². The first-order valence-electron chi connectivity index (χ1n) is 4.98. The summed E-state index contributed by atoms with van der Waals surface area (Å²) in [5.74, 6) is -0.661. The second kappa shape index (κ2) is 3.98. The van der Waals surface area contributed by atoms with E-state index in [1.54, 1.807) is 0 Å². The normalized spacial score (nSPS) is 24.5. The summed E-state index contributed by atoms with van der Waals surface area (Å²) < 4.78 is 4.71. The van der Waals surface area contributed by atoms with E-state index in [4.69, 9.17) is 4.74 Å². The molecule has 1 N–H and O–H groups in total. The smallest absolute Gasteiger partial charge is 0.311 e. The van der Waals surface area contributed by atoms with E-state index in [9.17, 15) is 9.59 Å². The highest BCUT2D eigenvalue weighted by molar-refractivity contribution is 5.88. The van der Waals surface area contributed by atoms with Crippen LogP contribution in [-0.2, 0) is 14.3 Å². The van der Waals surface area contributed by atoms with E-state index in [-0.39, 0.29) is 29.8 Å². The maximum absolute atomic E-state index is 11.5. The number of esters is 1. The molecule has 0 spiro atoms. The first kappa shape index (κ1) is 11.0. The molecule has 80 valence electrons. The Bertz CT molecular complexity index is 246. The van der Waals surface area contributed by atoms with Crippen molar-refractivity contribution in [2.45, 2.75) is 38.6 Å². The van der Waals surface area contributed by atoms with Crippen LogP contribution in [0.3, 0.4) is 0 Å². The number of hydrogen-bond donors (Lipinski definition) is 1. The molecule has 1 aliphatic heterocycles. The van der Waals surface area contributed by atoms with Crippen molar-refractivity contribution in [1.82, 2.24) is 5.32 Å². The van der Waals surface area contributed by atoms with Gasteiger partial charge in [-0.2, -0.15) is 0 Å². The molecule has 1 rings (SSSR count). The third kappa shape index (κ3) is 1.61. The molecule has 1 saturated heterocycles. The molecule has 4 heteroatoms. The summed E-state index contributed by atoms with van der Waals surface area (Å²) in [7, 11) is 1.36. The van der Waals surface area contributed by atoms with Gasteiger partial charge in [0, 0.05) is 6.42 Å². The molecule has 1 atom stereocenters. The Balaban J connectivity index is 2.91. The minimum atomic E-state index is -0.385. The molecule has 0 aromatic rings. The van der Waals surface area contributed by atoms with Gasteiger partial charge in [0.2, 0.25) is 5.91 Å². The number of hydrogen-bond acceptors (Lipinski definition) is 3. The van der Waals surface area contributed by atoms with Crippen molar-refractivity contribution >= 4 is 11.9 Å². The lowest BCUT2D eigenvalue weighted by molar-refractivity contribution is -0.147. The number of ether oxygens (including phenoxy) is 1. The average Bonchev–Trinajstić information content (AvgIpc) is 2.55. The molecule has 0 radical (unpaired) electrons. The summed E-state index contributed by atoms with van der Waals surface area (Å²) >= 11 is 0. The number of rotatable bonds is 3. The monoisotopic (exact) mass is 199 g/mol. The fourth-order valence-electron chi connectivity index (χ4n) is 2.17. The van der Waals surface area contributed by atoms with Crippen LogP contribution in [0.15, 0.2) is 0 Å². The van der Waals surface area contributed by atoms with Crippen LogP contribution in [0, 0.1) is 5.92 Å². The zero-order valence-corrected chi connectivity index (χ0v) is 8.92. The quantitative estimate of drug-likeness (QED) is 0.686. The van der Waals surface area contributed by atoms with Crippen LogP contribution in [0.5, 0.6) is 0 Å². The summed E-state index contributed by atoms with van der Waals surface area (Å²) in [6, 6.07) is 0. The average molecular weight is 199 g/mol. The molecular formula is C10H17NO3. The van der Waals surface area contributed by atoms with Gasteiger partial charge in [-0.25, -0.2) is 0 Å². The maximum Gasteiger partial charge on any atom is 0.311 e. The Labute approximate surface area is 84.0 Å². The Hall–Kier alpha value is -1.06. The fraction of sp³-hybridized carbons (Fsp3) is 0.800. The lowest BCUT2D eigenvalue weighted by Crippen LogP contribution is -2.47. The Morgan fingerprint density at radius 3 is 2.57 bits per heavy atom. The van der Waals surface area contributed by atoms with Crippen LogP contribution in [0.1, 0.15) is 33.1 Å². The topological polar surface area (TPSA) is 55.4 Å². The van der Waals surface area contributed by atoms with Crippen LogP contribution in [-0.4, -0.2) is 24.5 Å². The standard InChI is InChI=1S/C10H17NO3/c1-4-10(5-2)7(9(13)14-3)6-8(12)11-10/h7H,4-6H2,1-3H3,(H,11,12). The van der Waals surface area contributed by atoms with Gasteiger partial charge in [-0.15, -0.1) is 0 Å². The Morgan fingerprint density at radius 2 is 2.14 bits per heavy atom. The summed E-state index contributed by atoms with van der Waals surface area (Å²) in [6.45, 7) is 3.95. The molecule has 1 unspecified atom stereocenters. The molecule has 4 nitrogen and oxygen atoms in total. The van der Waals surface area contributed by atoms with Gasteiger partial charge >= 0.3 is 5.97 Å². The van der Waals surface area contributed by atoms with Crippen LogP contribution in [0.2, 0.25) is 0 Å². The fourth-order valence-corrected chi connectivity index (χ4v) is 2.17. The summed E-state index contributed by atoms with van der Waals surface area (Å²) in [5.41, 5.74) is -0.385. The second-order valence-electron chi connectivity index (χ2n) is 3.69. The first-order chi connectivity index (χ1) is 6.59.